The summed E-state index contributed by atoms with van der Waals surface area (Å²) < 4.78 is 0.884. The van der Waals surface area contributed by atoms with Gasteiger partial charge in [0.15, 0.2) is 11.6 Å². The van der Waals surface area contributed by atoms with Gasteiger partial charge in [-0.15, -0.1) is 0 Å². The Morgan fingerprint density at radius 1 is 0.531 bits per heavy atom. The third-order valence-electron chi connectivity index (χ3n) is 14.9. The van der Waals surface area contributed by atoms with Crippen molar-refractivity contribution in [2.45, 2.75) is 104 Å². The number of nitrogens with zero attached hydrogens (tertiary/aromatic N) is 6. The second kappa shape index (κ2) is 35.5. The van der Waals surface area contributed by atoms with E-state index in [1.54, 1.807) is 19.3 Å². The number of rotatable bonds is 14. The molecule has 3 aromatic heterocycles. The van der Waals surface area contributed by atoms with E-state index in [1.807, 2.05) is 123 Å². The molecule has 2 N–H and O–H groups in total. The number of aryl methyl sites for hydroxylation is 4. The van der Waals surface area contributed by atoms with Crippen molar-refractivity contribution in [3.8, 4) is 0 Å². The summed E-state index contributed by atoms with van der Waals surface area (Å²) in [4.78, 5) is 42.8. The van der Waals surface area contributed by atoms with Crippen LogP contribution in [-0.2, 0) is 5.60 Å². The van der Waals surface area contributed by atoms with Gasteiger partial charge in [-0.25, -0.2) is 4.98 Å². The molecule has 4 saturated heterocycles. The lowest BCUT2D eigenvalue weighted by atomic mass is 9.86. The number of benzene rings is 4. The molecule has 0 amide bonds. The summed E-state index contributed by atoms with van der Waals surface area (Å²) in [7, 11) is 0. The molecule has 11 rings (SSSR count). The van der Waals surface area contributed by atoms with Gasteiger partial charge in [-0.1, -0.05) is 144 Å². The smallest absolute Gasteiger partial charge is 0.164 e. The van der Waals surface area contributed by atoms with Gasteiger partial charge >= 0.3 is 0 Å². The van der Waals surface area contributed by atoms with Crippen LogP contribution >= 0.6 is 15.9 Å². The molecule has 1 unspecified atom stereocenters. The van der Waals surface area contributed by atoms with Crippen LogP contribution in [0.5, 0.6) is 0 Å². The van der Waals surface area contributed by atoms with Crippen LogP contribution in [0.3, 0.4) is 0 Å². The first-order chi connectivity index (χ1) is 39.4. The molecule has 0 radical (unpaired) electrons. The van der Waals surface area contributed by atoms with Gasteiger partial charge < -0.3 is 20.2 Å². The van der Waals surface area contributed by atoms with E-state index >= 15 is 0 Å². The van der Waals surface area contributed by atoms with Crippen LogP contribution in [-0.4, -0.2) is 118 Å². The normalized spacial score (nSPS) is 15.9. The number of carbonyl (C=O) groups excluding carboxylic acids is 2. The van der Waals surface area contributed by atoms with Crippen LogP contribution in [0.25, 0.3) is 5.57 Å². The SMILES string of the molecule is Brc1ccccn1.C1CCNC1.CC(=O)c1ccc(C)cc1.Cc1ccc(/C(=C\CN2CCCC2)c2ccccn2)cc1.Cc1ccc(C(=O)CCN2CCCC2)cc1.Cc1ccc(C(O)(CCN2CCCC2)c2ccccn2)cc1. The van der Waals surface area contributed by atoms with Gasteiger partial charge in [0.25, 0.3) is 0 Å². The highest BCUT2D eigenvalue weighted by Crippen LogP contribution is 2.33. The van der Waals surface area contributed by atoms with Crippen LogP contribution in [0.15, 0.2) is 181 Å². The number of ketones is 2. The zero-order chi connectivity index (χ0) is 57.5. The number of Topliss-reactive ketones (excluding diaryl/α,β-unsaturated/α-hetero) is 2. The minimum Gasteiger partial charge on any atom is -0.379 e. The van der Waals surface area contributed by atoms with E-state index in [9.17, 15) is 14.7 Å². The number of pyridine rings is 3. The number of nitrogens with one attached hydrogen (secondary N) is 1. The number of hydrogen-bond donors (Lipinski definition) is 2. The Bertz CT molecular complexity index is 2860. The van der Waals surface area contributed by atoms with Gasteiger partial charge in [0.1, 0.15) is 10.2 Å². The summed E-state index contributed by atoms with van der Waals surface area (Å²) in [5, 5.41) is 14.6. The first-order valence-corrected chi connectivity index (χ1v) is 30.2. The first-order valence-electron chi connectivity index (χ1n) is 29.4. The zero-order valence-electron chi connectivity index (χ0n) is 48.9. The van der Waals surface area contributed by atoms with Gasteiger partial charge in [-0.3, -0.25) is 24.5 Å². The lowest BCUT2D eigenvalue weighted by molar-refractivity contribution is 0.0560. The Balaban J connectivity index is 0.000000166. The minimum absolute atomic E-state index is 0.125. The van der Waals surface area contributed by atoms with Crippen molar-refractivity contribution in [3.05, 3.63) is 237 Å². The Labute approximate surface area is 493 Å². The molecular weight excluding hydrogens is 1070 g/mol. The van der Waals surface area contributed by atoms with Crippen molar-refractivity contribution >= 4 is 33.1 Å². The number of likely N-dealkylation sites (tertiary alicyclic amines) is 3. The lowest BCUT2D eigenvalue weighted by Crippen LogP contribution is -2.34. The summed E-state index contributed by atoms with van der Waals surface area (Å²) in [6, 6.07) is 49.9. The van der Waals surface area contributed by atoms with Crippen molar-refractivity contribution in [3.63, 3.8) is 0 Å². The number of hydrogen-bond acceptors (Lipinski definition) is 10. The van der Waals surface area contributed by atoms with Crippen LogP contribution in [0.1, 0.15) is 137 Å². The van der Waals surface area contributed by atoms with Crippen molar-refractivity contribution in [2.24, 2.45) is 0 Å². The molecule has 0 bridgehead atoms. The topological polar surface area (TPSA) is 115 Å². The highest BCUT2D eigenvalue weighted by Gasteiger charge is 2.33. The Kier molecular flexibility index (Phi) is 28.0. The predicted octanol–water partition coefficient (Wildman–Crippen LogP) is 14.1. The average molecular weight is 1160 g/mol. The second-order valence-electron chi connectivity index (χ2n) is 21.6. The molecule has 4 aliphatic heterocycles. The Hall–Kier alpha value is -6.31. The van der Waals surface area contributed by atoms with E-state index in [0.29, 0.717) is 12.8 Å². The van der Waals surface area contributed by atoms with Crippen LogP contribution < -0.4 is 5.32 Å². The minimum atomic E-state index is -1.02. The molecule has 1 atom stereocenters. The third-order valence-corrected chi connectivity index (χ3v) is 15.4. The largest absolute Gasteiger partial charge is 0.379 e. The van der Waals surface area contributed by atoms with Crippen LogP contribution in [0, 0.1) is 27.7 Å². The molecular formula is C70H88BrN7O3. The average Bonchev–Trinajstić information content (AvgIpc) is 4.45. The van der Waals surface area contributed by atoms with Crippen LogP contribution in [0.2, 0.25) is 0 Å². The molecule has 7 heterocycles. The van der Waals surface area contributed by atoms with Crippen molar-refractivity contribution in [2.75, 3.05) is 72.0 Å². The summed E-state index contributed by atoms with van der Waals surface area (Å²) in [6.45, 7) is 22.2. The van der Waals surface area contributed by atoms with Gasteiger partial charge in [-0.2, -0.15) is 0 Å². The van der Waals surface area contributed by atoms with E-state index in [-0.39, 0.29) is 11.6 Å². The Morgan fingerprint density at radius 2 is 0.988 bits per heavy atom. The van der Waals surface area contributed by atoms with Crippen molar-refractivity contribution < 1.29 is 14.7 Å². The van der Waals surface area contributed by atoms with Crippen molar-refractivity contribution in [1.82, 2.24) is 35.0 Å². The fourth-order valence-corrected chi connectivity index (χ4v) is 10.2. The van der Waals surface area contributed by atoms with E-state index in [4.69, 9.17) is 0 Å². The summed E-state index contributed by atoms with van der Waals surface area (Å²) in [5.74, 6) is 0.395. The molecule has 0 aliphatic carbocycles. The van der Waals surface area contributed by atoms with Gasteiger partial charge in [0, 0.05) is 61.3 Å². The summed E-state index contributed by atoms with van der Waals surface area (Å²) in [6.07, 6.45) is 19.6. The van der Waals surface area contributed by atoms with E-state index < -0.39 is 5.60 Å². The van der Waals surface area contributed by atoms with Crippen LogP contribution in [0.4, 0.5) is 0 Å². The maximum absolute atomic E-state index is 11.9. The molecule has 0 spiro atoms. The quantitative estimate of drug-likeness (QED) is 0.0806. The summed E-state index contributed by atoms with van der Waals surface area (Å²) >= 11 is 3.20. The van der Waals surface area contributed by atoms with E-state index in [1.165, 1.54) is 124 Å². The number of carbonyl (C=O) groups is 2. The molecule has 11 heteroatoms. The standard InChI is InChI=1S/C19H24N2O.C19H22N2.C14H19NO.C9H10O.C5H4BrN.C4H9N/c1-16-7-9-17(10-8-16)19(22,18-6-2-3-12-20-18)11-15-21-13-4-5-14-21;1-16-7-9-17(10-8-16)18(19-6-2-3-12-20-19)11-15-21-13-4-5-14-21;1-12-4-6-13(7-5-12)14(16)8-11-15-9-2-3-10-15;1-7-3-5-9(6-4-7)8(2)10;6-5-3-1-2-4-7-5;1-2-4-5-3-1/h2-3,6-10,12,22H,4-5,11,13-15H2,1H3;2-3,6-12H,4-5,13-15H2,1H3;4-7H,2-3,8-11H2,1H3;3-6H,1-2H3;1-4H;5H,1-4H2/b;18-11+;;;;. The number of aliphatic hydroxyl groups is 1. The highest BCUT2D eigenvalue weighted by atomic mass is 79.9. The number of halogens is 1. The molecule has 10 nitrogen and oxygen atoms in total. The molecule has 0 saturated carbocycles. The van der Waals surface area contributed by atoms with Gasteiger partial charge in [0.05, 0.1) is 11.4 Å². The van der Waals surface area contributed by atoms with E-state index in [2.05, 4.69) is 119 Å². The molecule has 4 fully saturated rings. The maximum atomic E-state index is 11.9. The molecule has 7 aromatic rings. The van der Waals surface area contributed by atoms with Gasteiger partial charge in [-0.05, 0) is 208 Å². The van der Waals surface area contributed by atoms with Gasteiger partial charge in [0.2, 0.25) is 0 Å². The second-order valence-corrected chi connectivity index (χ2v) is 22.4. The predicted molar refractivity (Wildman–Crippen MR) is 338 cm³/mol. The first kappa shape index (κ1) is 63.9. The molecule has 4 aliphatic rings. The van der Waals surface area contributed by atoms with Crippen molar-refractivity contribution in [1.29, 1.82) is 0 Å². The monoisotopic (exact) mass is 1150 g/mol. The Morgan fingerprint density at radius 3 is 1.42 bits per heavy atom. The fraction of sp³-hybridized carbons (Fsp3) is 0.386. The highest BCUT2D eigenvalue weighted by molar-refractivity contribution is 9.10. The maximum Gasteiger partial charge on any atom is 0.164 e. The summed E-state index contributed by atoms with van der Waals surface area (Å²) in [5.41, 5.74) is 10.7. The lowest BCUT2D eigenvalue weighted by Gasteiger charge is -2.30. The third kappa shape index (κ3) is 23.2. The van der Waals surface area contributed by atoms with E-state index in [0.717, 1.165) is 65.4 Å². The number of aromatic nitrogens is 3. The zero-order valence-corrected chi connectivity index (χ0v) is 50.5. The molecule has 428 valence electrons. The fourth-order valence-electron chi connectivity index (χ4n) is 9.90. The molecule has 4 aromatic carbocycles. The molecule has 81 heavy (non-hydrogen) atoms.